The van der Waals surface area contributed by atoms with Crippen molar-refractivity contribution in [2.75, 3.05) is 0 Å². The third-order valence-electron chi connectivity index (χ3n) is 3.08. The van der Waals surface area contributed by atoms with Crippen molar-refractivity contribution in [1.82, 2.24) is 15.3 Å². The van der Waals surface area contributed by atoms with Gasteiger partial charge in [0.2, 0.25) is 0 Å². The molecule has 1 aromatic carbocycles. The van der Waals surface area contributed by atoms with E-state index < -0.39 is 0 Å². The molecule has 18 heavy (non-hydrogen) atoms. The Morgan fingerprint density at radius 2 is 2.22 bits per heavy atom. The molecule has 0 saturated heterocycles. The van der Waals surface area contributed by atoms with Crippen molar-refractivity contribution in [3.05, 3.63) is 52.1 Å². The maximum absolute atomic E-state index is 4.25. The molecule has 0 saturated carbocycles. The molecule has 3 nitrogen and oxygen atoms in total. The molecule has 0 aliphatic heterocycles. The van der Waals surface area contributed by atoms with Crippen LogP contribution in [0.4, 0.5) is 0 Å². The van der Waals surface area contributed by atoms with Crippen LogP contribution in [0.2, 0.25) is 0 Å². The first-order chi connectivity index (χ1) is 8.83. The Bertz CT molecular complexity index is 654. The van der Waals surface area contributed by atoms with Crippen molar-refractivity contribution in [2.45, 2.75) is 20.0 Å². The number of benzene rings is 1. The lowest BCUT2D eigenvalue weighted by Crippen LogP contribution is -2.12. The van der Waals surface area contributed by atoms with Crippen LogP contribution in [-0.4, -0.2) is 9.97 Å². The van der Waals surface area contributed by atoms with Gasteiger partial charge in [-0.15, -0.1) is 11.3 Å². The summed E-state index contributed by atoms with van der Waals surface area (Å²) >= 11 is 1.71. The molecule has 92 valence electrons. The smallest absolute Gasteiger partial charge is 0.0798 e. The number of nitrogens with zero attached hydrogens (tertiary/aromatic N) is 1. The highest BCUT2D eigenvalue weighted by Crippen LogP contribution is 2.15. The molecule has 3 aromatic rings. The van der Waals surface area contributed by atoms with E-state index in [-0.39, 0.29) is 0 Å². The molecule has 2 aromatic heterocycles. The monoisotopic (exact) mass is 257 g/mol. The third-order valence-corrected chi connectivity index (χ3v) is 4.01. The molecule has 2 heterocycles. The van der Waals surface area contributed by atoms with Crippen LogP contribution in [0.1, 0.15) is 16.1 Å². The summed E-state index contributed by atoms with van der Waals surface area (Å²) in [4.78, 5) is 8.80. The molecule has 0 spiro atoms. The average molecular weight is 257 g/mol. The lowest BCUT2D eigenvalue weighted by molar-refractivity contribution is 0.697. The molecule has 2 N–H and O–H groups in total. The molecule has 4 heteroatoms. The number of aryl methyl sites for hydroxylation is 1. The second kappa shape index (κ2) is 4.92. The minimum Gasteiger partial charge on any atom is -0.361 e. The Morgan fingerprint density at radius 3 is 3.06 bits per heavy atom. The van der Waals surface area contributed by atoms with E-state index in [0.29, 0.717) is 0 Å². The van der Waals surface area contributed by atoms with Gasteiger partial charge in [-0.1, -0.05) is 12.1 Å². The van der Waals surface area contributed by atoms with Crippen molar-refractivity contribution in [2.24, 2.45) is 0 Å². The molecular weight excluding hydrogens is 242 g/mol. The zero-order valence-electron chi connectivity index (χ0n) is 10.2. The van der Waals surface area contributed by atoms with Crippen LogP contribution in [-0.2, 0) is 13.1 Å². The Hall–Kier alpha value is -1.65. The SMILES string of the molecule is Cc1ncsc1CNCc1ccc2cc[nH]c2c1. The Balaban J connectivity index is 1.64. The number of hydrogen-bond donors (Lipinski definition) is 2. The van der Waals surface area contributed by atoms with Gasteiger partial charge in [0.05, 0.1) is 11.2 Å². The average Bonchev–Trinajstić information content (AvgIpc) is 2.98. The van der Waals surface area contributed by atoms with Crippen LogP contribution >= 0.6 is 11.3 Å². The van der Waals surface area contributed by atoms with Gasteiger partial charge in [0.1, 0.15) is 0 Å². The summed E-state index contributed by atoms with van der Waals surface area (Å²) in [5, 5.41) is 4.72. The molecule has 0 atom stereocenters. The number of rotatable bonds is 4. The third kappa shape index (κ3) is 2.30. The molecule has 0 bridgehead atoms. The van der Waals surface area contributed by atoms with E-state index in [9.17, 15) is 0 Å². The fourth-order valence-electron chi connectivity index (χ4n) is 2.02. The van der Waals surface area contributed by atoms with Gasteiger partial charge in [0, 0.05) is 29.7 Å². The summed E-state index contributed by atoms with van der Waals surface area (Å²) in [6.45, 7) is 3.82. The van der Waals surface area contributed by atoms with Crippen LogP contribution in [0.15, 0.2) is 36.0 Å². The first kappa shape index (κ1) is 11.4. The first-order valence-corrected chi connectivity index (χ1v) is 6.86. The molecule has 0 aliphatic rings. The van der Waals surface area contributed by atoms with Gasteiger partial charge in [-0.25, -0.2) is 4.98 Å². The maximum Gasteiger partial charge on any atom is 0.0798 e. The molecule has 0 radical (unpaired) electrons. The zero-order chi connectivity index (χ0) is 12.4. The van der Waals surface area contributed by atoms with Gasteiger partial charge in [-0.05, 0) is 30.0 Å². The van der Waals surface area contributed by atoms with Crippen molar-refractivity contribution < 1.29 is 0 Å². The highest BCUT2D eigenvalue weighted by atomic mass is 32.1. The number of thiazole rings is 1. The predicted octanol–water partition coefficient (Wildman–Crippen LogP) is 3.22. The van der Waals surface area contributed by atoms with E-state index in [0.717, 1.165) is 18.8 Å². The number of nitrogens with one attached hydrogen (secondary N) is 2. The molecular formula is C14H15N3S. The highest BCUT2D eigenvalue weighted by Gasteiger charge is 2.01. The second-order valence-corrected chi connectivity index (χ2v) is 5.30. The van der Waals surface area contributed by atoms with Crippen molar-refractivity contribution in [3.8, 4) is 0 Å². The molecule has 0 aliphatic carbocycles. The summed E-state index contributed by atoms with van der Waals surface area (Å²) < 4.78 is 0. The van der Waals surface area contributed by atoms with Crippen LogP contribution < -0.4 is 5.32 Å². The van der Waals surface area contributed by atoms with Crippen molar-refractivity contribution >= 4 is 22.2 Å². The number of fused-ring (bicyclic) bond motifs is 1. The summed E-state index contributed by atoms with van der Waals surface area (Å²) in [6, 6.07) is 8.61. The quantitative estimate of drug-likeness (QED) is 0.753. The summed E-state index contributed by atoms with van der Waals surface area (Å²) in [6.07, 6.45) is 1.97. The first-order valence-electron chi connectivity index (χ1n) is 5.98. The van der Waals surface area contributed by atoms with Gasteiger partial charge < -0.3 is 10.3 Å². The molecule has 3 rings (SSSR count). The van der Waals surface area contributed by atoms with Crippen LogP contribution in [0.25, 0.3) is 10.9 Å². The fourth-order valence-corrected chi connectivity index (χ4v) is 2.77. The molecule has 0 unspecified atom stereocenters. The topological polar surface area (TPSA) is 40.7 Å². The number of H-pyrrole nitrogens is 1. The lowest BCUT2D eigenvalue weighted by atomic mass is 10.1. The Kier molecular flexibility index (Phi) is 3.13. The largest absolute Gasteiger partial charge is 0.361 e. The van der Waals surface area contributed by atoms with Crippen LogP contribution in [0.3, 0.4) is 0 Å². The molecule has 0 amide bonds. The van der Waals surface area contributed by atoms with Crippen molar-refractivity contribution in [3.63, 3.8) is 0 Å². The maximum atomic E-state index is 4.25. The van der Waals surface area contributed by atoms with Crippen LogP contribution in [0, 0.1) is 6.92 Å². The Labute approximate surface area is 110 Å². The normalized spacial score (nSPS) is 11.2. The zero-order valence-corrected chi connectivity index (χ0v) is 11.1. The number of hydrogen-bond acceptors (Lipinski definition) is 3. The fraction of sp³-hybridized carbons (Fsp3) is 0.214. The van der Waals surface area contributed by atoms with E-state index in [1.807, 2.05) is 11.7 Å². The Morgan fingerprint density at radius 1 is 1.28 bits per heavy atom. The summed E-state index contributed by atoms with van der Waals surface area (Å²) in [7, 11) is 0. The van der Waals surface area contributed by atoms with Gasteiger partial charge >= 0.3 is 0 Å². The predicted molar refractivity (Wildman–Crippen MR) is 75.7 cm³/mol. The van der Waals surface area contributed by atoms with E-state index in [2.05, 4.69) is 46.5 Å². The highest BCUT2D eigenvalue weighted by molar-refractivity contribution is 7.09. The standard InChI is InChI=1S/C14H15N3S/c1-10-14(18-9-17-10)8-15-7-11-2-3-12-4-5-16-13(12)6-11/h2-6,9,15-16H,7-8H2,1H3. The minimum atomic E-state index is 0.881. The lowest BCUT2D eigenvalue weighted by Gasteiger charge is -2.04. The van der Waals surface area contributed by atoms with E-state index in [1.54, 1.807) is 11.3 Å². The van der Waals surface area contributed by atoms with Crippen LogP contribution in [0.5, 0.6) is 0 Å². The van der Waals surface area contributed by atoms with E-state index >= 15 is 0 Å². The van der Waals surface area contributed by atoms with E-state index in [4.69, 9.17) is 0 Å². The second-order valence-electron chi connectivity index (χ2n) is 4.36. The number of aromatic amines is 1. The number of aromatic nitrogens is 2. The summed E-state index contributed by atoms with van der Waals surface area (Å²) in [5.41, 5.74) is 5.53. The van der Waals surface area contributed by atoms with E-state index in [1.165, 1.54) is 21.3 Å². The summed E-state index contributed by atoms with van der Waals surface area (Å²) in [5.74, 6) is 0. The van der Waals surface area contributed by atoms with Gasteiger partial charge in [-0.2, -0.15) is 0 Å². The van der Waals surface area contributed by atoms with Gasteiger partial charge in [-0.3, -0.25) is 0 Å². The minimum absolute atomic E-state index is 0.881. The van der Waals surface area contributed by atoms with Gasteiger partial charge in [0.25, 0.3) is 0 Å². The van der Waals surface area contributed by atoms with Gasteiger partial charge in [0.15, 0.2) is 0 Å². The van der Waals surface area contributed by atoms with Crippen molar-refractivity contribution in [1.29, 1.82) is 0 Å². The molecule has 0 fully saturated rings.